The van der Waals surface area contributed by atoms with Gasteiger partial charge < -0.3 is 15.0 Å². The molecule has 1 aliphatic carbocycles. The van der Waals surface area contributed by atoms with Crippen LogP contribution in [-0.4, -0.2) is 59.3 Å². The maximum Gasteiger partial charge on any atom is 0.357 e. The molecule has 1 unspecified atom stereocenters. The fourth-order valence-corrected chi connectivity index (χ4v) is 5.76. The molecule has 8 heteroatoms. The van der Waals surface area contributed by atoms with Crippen molar-refractivity contribution in [2.75, 3.05) is 25.4 Å². The second-order valence-electron chi connectivity index (χ2n) is 7.86. The fraction of sp³-hybridized carbons (Fsp3) is 0.762. The number of carbonyl (C=O) groups is 2. The van der Waals surface area contributed by atoms with Crippen LogP contribution in [0.25, 0.3) is 0 Å². The van der Waals surface area contributed by atoms with Crippen molar-refractivity contribution in [2.24, 2.45) is 0 Å². The zero-order chi connectivity index (χ0) is 20.5. The highest BCUT2D eigenvalue weighted by Gasteiger charge is 2.31. The molecule has 1 saturated carbocycles. The van der Waals surface area contributed by atoms with Crippen LogP contribution in [0.15, 0.2) is 9.72 Å². The molecule has 1 aromatic heterocycles. The normalized spacial score (nSPS) is 20.4. The van der Waals surface area contributed by atoms with Gasteiger partial charge in [-0.25, -0.2) is 9.78 Å². The molecule has 0 bridgehead atoms. The molecule has 1 aliphatic heterocycles. The SMILES string of the molecule is CCCCOC(=O)c1csc(SCCN2C(=O)CCC2CNC2CCCCC2)n1. The minimum Gasteiger partial charge on any atom is -0.461 e. The van der Waals surface area contributed by atoms with E-state index in [4.69, 9.17) is 4.74 Å². The summed E-state index contributed by atoms with van der Waals surface area (Å²) >= 11 is 3.07. The maximum absolute atomic E-state index is 12.3. The monoisotopic (exact) mass is 439 g/mol. The lowest BCUT2D eigenvalue weighted by atomic mass is 9.95. The summed E-state index contributed by atoms with van der Waals surface area (Å²) in [6.07, 6.45) is 10.0. The minimum absolute atomic E-state index is 0.264. The summed E-state index contributed by atoms with van der Waals surface area (Å²) in [5.74, 6) is 0.717. The van der Waals surface area contributed by atoms with E-state index in [2.05, 4.69) is 17.2 Å². The van der Waals surface area contributed by atoms with Gasteiger partial charge in [0.05, 0.1) is 6.61 Å². The second kappa shape index (κ2) is 11.9. The predicted octanol–water partition coefficient (Wildman–Crippen LogP) is 4.11. The van der Waals surface area contributed by atoms with E-state index < -0.39 is 0 Å². The largest absolute Gasteiger partial charge is 0.461 e. The predicted molar refractivity (Wildman–Crippen MR) is 118 cm³/mol. The van der Waals surface area contributed by atoms with Crippen molar-refractivity contribution in [3.05, 3.63) is 11.1 Å². The van der Waals surface area contributed by atoms with E-state index in [9.17, 15) is 9.59 Å². The van der Waals surface area contributed by atoms with Gasteiger partial charge in [-0.2, -0.15) is 0 Å². The molecule has 1 saturated heterocycles. The van der Waals surface area contributed by atoms with Crippen LogP contribution in [0.4, 0.5) is 0 Å². The maximum atomic E-state index is 12.3. The molecule has 2 aliphatic rings. The number of ether oxygens (including phenoxy) is 1. The lowest BCUT2D eigenvalue weighted by Crippen LogP contribution is -2.44. The lowest BCUT2D eigenvalue weighted by molar-refractivity contribution is -0.128. The smallest absolute Gasteiger partial charge is 0.357 e. The van der Waals surface area contributed by atoms with Gasteiger partial charge in [-0.05, 0) is 25.7 Å². The fourth-order valence-electron chi connectivity index (χ4n) is 3.95. The van der Waals surface area contributed by atoms with Crippen molar-refractivity contribution in [1.82, 2.24) is 15.2 Å². The number of esters is 1. The van der Waals surface area contributed by atoms with Gasteiger partial charge in [-0.1, -0.05) is 44.4 Å². The Hall–Kier alpha value is -1.12. The third kappa shape index (κ3) is 6.96. The van der Waals surface area contributed by atoms with Gasteiger partial charge in [0.1, 0.15) is 0 Å². The summed E-state index contributed by atoms with van der Waals surface area (Å²) in [6, 6.07) is 0.937. The number of carbonyl (C=O) groups excluding carboxylic acids is 2. The van der Waals surface area contributed by atoms with E-state index in [0.29, 0.717) is 30.8 Å². The van der Waals surface area contributed by atoms with Gasteiger partial charge in [-0.15, -0.1) is 11.3 Å². The Morgan fingerprint density at radius 3 is 2.97 bits per heavy atom. The Balaban J connectivity index is 1.40. The van der Waals surface area contributed by atoms with Gasteiger partial charge >= 0.3 is 5.97 Å². The highest BCUT2D eigenvalue weighted by atomic mass is 32.2. The first-order valence-electron chi connectivity index (χ1n) is 11.0. The standard InChI is InChI=1S/C21H33N3O3S2/c1-2-3-12-27-20(26)18-15-29-21(23-18)28-13-11-24-17(9-10-19(24)25)14-22-16-7-5-4-6-8-16/h15-17,22H,2-14H2,1H3. The number of rotatable bonds is 11. The molecule has 3 rings (SSSR count). The Bertz CT molecular complexity index is 661. The van der Waals surface area contributed by atoms with Crippen molar-refractivity contribution in [1.29, 1.82) is 0 Å². The molecule has 6 nitrogen and oxygen atoms in total. The highest BCUT2D eigenvalue weighted by molar-refractivity contribution is 8.01. The van der Waals surface area contributed by atoms with Crippen molar-refractivity contribution in [2.45, 2.75) is 81.1 Å². The summed E-state index contributed by atoms with van der Waals surface area (Å²) in [7, 11) is 0. The third-order valence-electron chi connectivity index (χ3n) is 5.68. The number of hydrogen-bond donors (Lipinski definition) is 1. The van der Waals surface area contributed by atoms with Crippen LogP contribution >= 0.6 is 23.1 Å². The van der Waals surface area contributed by atoms with Gasteiger partial charge in [0, 0.05) is 42.7 Å². The zero-order valence-electron chi connectivity index (χ0n) is 17.4. The minimum atomic E-state index is -0.342. The van der Waals surface area contributed by atoms with Crippen molar-refractivity contribution in [3.8, 4) is 0 Å². The molecule has 2 heterocycles. The molecule has 2 fully saturated rings. The number of thiazole rings is 1. The Morgan fingerprint density at radius 2 is 2.17 bits per heavy atom. The number of nitrogens with one attached hydrogen (secondary N) is 1. The molecule has 1 atom stereocenters. The Labute approximate surface area is 182 Å². The van der Waals surface area contributed by atoms with Crippen molar-refractivity contribution >= 4 is 35.0 Å². The molecule has 0 spiro atoms. The summed E-state index contributed by atoms with van der Waals surface area (Å²) in [5, 5.41) is 5.45. The third-order valence-corrected chi connectivity index (χ3v) is 7.68. The molecular weight excluding hydrogens is 406 g/mol. The van der Waals surface area contributed by atoms with Crippen LogP contribution in [0.3, 0.4) is 0 Å². The van der Waals surface area contributed by atoms with E-state index in [1.54, 1.807) is 17.1 Å². The van der Waals surface area contributed by atoms with Crippen LogP contribution in [0.2, 0.25) is 0 Å². The highest BCUT2D eigenvalue weighted by Crippen LogP contribution is 2.25. The average Bonchev–Trinajstić information content (AvgIpc) is 3.35. The zero-order valence-corrected chi connectivity index (χ0v) is 19.0. The van der Waals surface area contributed by atoms with Gasteiger partial charge in [0.2, 0.25) is 5.91 Å². The molecule has 1 amide bonds. The van der Waals surface area contributed by atoms with Crippen LogP contribution in [0.5, 0.6) is 0 Å². The number of nitrogens with zero attached hydrogens (tertiary/aromatic N) is 2. The molecule has 0 aromatic carbocycles. The topological polar surface area (TPSA) is 71.5 Å². The molecule has 1 N–H and O–H groups in total. The van der Waals surface area contributed by atoms with E-state index in [1.807, 2.05) is 4.90 Å². The van der Waals surface area contributed by atoms with Gasteiger partial charge in [0.15, 0.2) is 10.0 Å². The van der Waals surface area contributed by atoms with Gasteiger partial charge in [0.25, 0.3) is 0 Å². The van der Waals surface area contributed by atoms with Crippen molar-refractivity contribution < 1.29 is 14.3 Å². The first kappa shape index (κ1) is 22.6. The number of thioether (sulfide) groups is 1. The summed E-state index contributed by atoms with van der Waals surface area (Å²) in [6.45, 7) is 4.15. The number of likely N-dealkylation sites (tertiary alicyclic amines) is 1. The second-order valence-corrected chi connectivity index (χ2v) is 10.1. The average molecular weight is 440 g/mol. The molecule has 162 valence electrons. The quantitative estimate of drug-likeness (QED) is 0.318. The first-order chi connectivity index (χ1) is 14.2. The Kier molecular flexibility index (Phi) is 9.27. The van der Waals surface area contributed by atoms with E-state index >= 15 is 0 Å². The first-order valence-corrected chi connectivity index (χ1v) is 12.8. The molecular formula is C21H33N3O3S2. The van der Waals surface area contributed by atoms with Crippen molar-refractivity contribution in [3.63, 3.8) is 0 Å². The number of amides is 1. The van der Waals surface area contributed by atoms with Crippen LogP contribution in [0, 0.1) is 0 Å². The number of hydrogen-bond acceptors (Lipinski definition) is 7. The lowest BCUT2D eigenvalue weighted by Gasteiger charge is -2.29. The summed E-state index contributed by atoms with van der Waals surface area (Å²) < 4.78 is 6.07. The Morgan fingerprint density at radius 1 is 1.34 bits per heavy atom. The summed E-state index contributed by atoms with van der Waals surface area (Å²) in [5.41, 5.74) is 0.389. The van der Waals surface area contributed by atoms with Crippen LogP contribution in [-0.2, 0) is 9.53 Å². The number of aromatic nitrogens is 1. The van der Waals surface area contributed by atoms with E-state index in [1.165, 1.54) is 43.4 Å². The van der Waals surface area contributed by atoms with E-state index in [-0.39, 0.29) is 11.9 Å². The van der Waals surface area contributed by atoms with Gasteiger partial charge in [-0.3, -0.25) is 4.79 Å². The molecule has 0 radical (unpaired) electrons. The number of unbranched alkanes of at least 4 members (excludes halogenated alkanes) is 1. The molecule has 1 aromatic rings. The van der Waals surface area contributed by atoms with E-state index in [0.717, 1.165) is 42.4 Å². The summed E-state index contributed by atoms with van der Waals surface area (Å²) in [4.78, 5) is 30.7. The van der Waals surface area contributed by atoms with Crippen LogP contribution in [0.1, 0.15) is 75.2 Å². The van der Waals surface area contributed by atoms with Crippen LogP contribution < -0.4 is 5.32 Å². The molecule has 29 heavy (non-hydrogen) atoms.